The van der Waals surface area contributed by atoms with Crippen LogP contribution in [0.2, 0.25) is 0 Å². The van der Waals surface area contributed by atoms with Gasteiger partial charge in [0, 0.05) is 12.0 Å². The maximum Gasteiger partial charge on any atom is 0.340 e. The Labute approximate surface area is 228 Å². The van der Waals surface area contributed by atoms with E-state index in [9.17, 15) is 18.0 Å². The summed E-state index contributed by atoms with van der Waals surface area (Å²) in [4.78, 5) is 26.5. The fraction of sp³-hybridized carbons (Fsp3) is 0.290. The Hall–Kier alpha value is -3.75. The molecule has 1 aromatic heterocycles. The van der Waals surface area contributed by atoms with E-state index in [1.54, 1.807) is 45.0 Å². The van der Waals surface area contributed by atoms with Crippen molar-refractivity contribution in [2.75, 3.05) is 0 Å². The Kier molecular flexibility index (Phi) is 8.37. The van der Waals surface area contributed by atoms with E-state index in [0.717, 1.165) is 16.7 Å². The minimum absolute atomic E-state index is 0.0679. The first-order chi connectivity index (χ1) is 18.5. The maximum absolute atomic E-state index is 13.5. The van der Waals surface area contributed by atoms with E-state index in [2.05, 4.69) is 4.72 Å². The van der Waals surface area contributed by atoms with Gasteiger partial charge >= 0.3 is 11.6 Å². The number of sulfonamides is 1. The molecule has 0 amide bonds. The highest BCUT2D eigenvalue weighted by molar-refractivity contribution is 7.89. The van der Waals surface area contributed by atoms with Gasteiger partial charge in [0.05, 0.1) is 10.3 Å². The van der Waals surface area contributed by atoms with Crippen LogP contribution in [0, 0.1) is 26.7 Å². The van der Waals surface area contributed by atoms with Crippen molar-refractivity contribution in [1.82, 2.24) is 4.72 Å². The second-order valence-corrected chi connectivity index (χ2v) is 11.7. The van der Waals surface area contributed by atoms with E-state index in [1.165, 1.54) is 12.1 Å². The average molecular weight is 548 g/mol. The first-order valence-corrected chi connectivity index (χ1v) is 14.4. The van der Waals surface area contributed by atoms with Gasteiger partial charge in [0.25, 0.3) is 0 Å². The zero-order chi connectivity index (χ0) is 28.3. The smallest absolute Gasteiger partial charge is 0.340 e. The molecule has 0 aliphatic carbocycles. The fourth-order valence-electron chi connectivity index (χ4n) is 4.48. The highest BCUT2D eigenvalue weighted by Crippen LogP contribution is 2.32. The summed E-state index contributed by atoms with van der Waals surface area (Å²) in [5, 5.41) is 0.503. The van der Waals surface area contributed by atoms with Crippen LogP contribution >= 0.6 is 0 Å². The molecule has 0 saturated carbocycles. The molecule has 0 unspecified atom stereocenters. The van der Waals surface area contributed by atoms with E-state index in [-0.39, 0.29) is 16.6 Å². The number of benzene rings is 3. The summed E-state index contributed by atoms with van der Waals surface area (Å²) in [6.45, 7) is 9.14. The Bertz CT molecular complexity index is 1660. The lowest BCUT2D eigenvalue weighted by Crippen LogP contribution is -2.47. The van der Waals surface area contributed by atoms with Gasteiger partial charge in [-0.1, -0.05) is 68.3 Å². The van der Waals surface area contributed by atoms with Crippen molar-refractivity contribution in [3.8, 4) is 5.75 Å². The number of ether oxygens (including phenoxy) is 1. The maximum atomic E-state index is 13.5. The summed E-state index contributed by atoms with van der Waals surface area (Å²) in [6, 6.07) is 18.3. The number of carbonyl (C=O) groups is 1. The largest absolute Gasteiger partial charge is 0.425 e. The van der Waals surface area contributed by atoms with E-state index in [1.807, 2.05) is 44.2 Å². The van der Waals surface area contributed by atoms with Crippen molar-refractivity contribution in [3.63, 3.8) is 0 Å². The SMILES string of the molecule is CC[C@@H](C)[C@@H](NS(=O)(=O)c1ccc(C)cc1)C(=O)Oc1cc(C)cc2oc(=O)c(Cc3ccccc3)c(C)c12. The molecule has 4 rings (SSSR count). The predicted molar refractivity (Wildman–Crippen MR) is 152 cm³/mol. The summed E-state index contributed by atoms with van der Waals surface area (Å²) in [6.07, 6.45) is 0.901. The van der Waals surface area contributed by atoms with Gasteiger partial charge in [-0.2, -0.15) is 4.72 Å². The van der Waals surface area contributed by atoms with Crippen LogP contribution < -0.4 is 15.1 Å². The molecule has 0 spiro atoms. The van der Waals surface area contributed by atoms with Crippen molar-refractivity contribution < 1.29 is 22.4 Å². The first kappa shape index (κ1) is 28.3. The standard InChI is InChI=1S/C31H33NO6S/c1-6-21(4)29(32-39(35,36)24-14-12-19(2)13-15-24)31(34)38-27-17-20(3)16-26-28(27)22(5)25(30(33)37-26)18-23-10-8-7-9-11-23/h7-17,21,29,32H,6,18H2,1-5H3/t21-,29-/m1/s1. The zero-order valence-corrected chi connectivity index (χ0v) is 23.6. The van der Waals surface area contributed by atoms with Crippen molar-refractivity contribution in [2.45, 2.75) is 58.4 Å². The van der Waals surface area contributed by atoms with Crippen LogP contribution in [-0.2, 0) is 21.2 Å². The molecule has 2 atom stereocenters. The second-order valence-electron chi connectivity index (χ2n) is 10.0. The molecule has 1 N–H and O–H groups in total. The quantitative estimate of drug-likeness (QED) is 0.166. The number of hydrogen-bond donors (Lipinski definition) is 1. The number of carbonyl (C=O) groups excluding carboxylic acids is 1. The third-order valence-electron chi connectivity index (χ3n) is 7.00. The number of nitrogens with one attached hydrogen (secondary N) is 1. The predicted octanol–water partition coefficient (Wildman–Crippen LogP) is 5.61. The van der Waals surface area contributed by atoms with Crippen LogP contribution in [0.1, 0.15) is 48.1 Å². The third kappa shape index (κ3) is 6.29. The number of fused-ring (bicyclic) bond motifs is 1. The van der Waals surface area contributed by atoms with Crippen LogP contribution in [0.5, 0.6) is 5.75 Å². The molecule has 204 valence electrons. The summed E-state index contributed by atoms with van der Waals surface area (Å²) in [5.74, 6) is -0.864. The molecule has 0 aliphatic heterocycles. The van der Waals surface area contributed by atoms with Crippen molar-refractivity contribution in [3.05, 3.63) is 105 Å². The van der Waals surface area contributed by atoms with Gasteiger partial charge in [-0.3, -0.25) is 0 Å². The Morgan fingerprint density at radius 1 is 0.974 bits per heavy atom. The summed E-state index contributed by atoms with van der Waals surface area (Å²) < 4.78 is 40.4. The minimum Gasteiger partial charge on any atom is -0.425 e. The fourth-order valence-corrected chi connectivity index (χ4v) is 5.77. The number of hydrogen-bond acceptors (Lipinski definition) is 6. The second kappa shape index (κ2) is 11.6. The van der Waals surface area contributed by atoms with Crippen LogP contribution in [-0.4, -0.2) is 20.4 Å². The molecule has 0 aliphatic rings. The van der Waals surface area contributed by atoms with E-state index >= 15 is 0 Å². The number of esters is 1. The molecule has 1 heterocycles. The lowest BCUT2D eigenvalue weighted by atomic mass is 9.98. The van der Waals surface area contributed by atoms with Crippen molar-refractivity contribution in [2.24, 2.45) is 5.92 Å². The first-order valence-electron chi connectivity index (χ1n) is 12.9. The van der Waals surface area contributed by atoms with E-state index in [4.69, 9.17) is 9.15 Å². The van der Waals surface area contributed by atoms with Gasteiger partial charge in [0.1, 0.15) is 17.4 Å². The van der Waals surface area contributed by atoms with Gasteiger partial charge in [-0.25, -0.2) is 18.0 Å². The van der Waals surface area contributed by atoms with Gasteiger partial charge in [-0.15, -0.1) is 0 Å². The highest BCUT2D eigenvalue weighted by Gasteiger charge is 2.32. The molecule has 7 nitrogen and oxygen atoms in total. The highest BCUT2D eigenvalue weighted by atomic mass is 32.2. The lowest BCUT2D eigenvalue weighted by Gasteiger charge is -2.23. The summed E-state index contributed by atoms with van der Waals surface area (Å²) in [5.41, 5.74) is 3.56. The van der Waals surface area contributed by atoms with Crippen LogP contribution in [0.3, 0.4) is 0 Å². The third-order valence-corrected chi connectivity index (χ3v) is 8.46. The average Bonchev–Trinajstić information content (AvgIpc) is 2.89. The van der Waals surface area contributed by atoms with E-state index in [0.29, 0.717) is 34.9 Å². The molecule has 8 heteroatoms. The normalized spacial score (nSPS) is 13.3. The van der Waals surface area contributed by atoms with E-state index < -0.39 is 27.7 Å². The molecule has 0 saturated heterocycles. The Morgan fingerprint density at radius 2 is 1.64 bits per heavy atom. The molecular formula is C31H33NO6S. The molecule has 0 bridgehead atoms. The molecule has 3 aromatic carbocycles. The molecule has 0 fully saturated rings. The van der Waals surface area contributed by atoms with Gasteiger partial charge in [0.15, 0.2) is 0 Å². The summed E-state index contributed by atoms with van der Waals surface area (Å²) >= 11 is 0. The molecular weight excluding hydrogens is 514 g/mol. The van der Waals surface area contributed by atoms with Gasteiger partial charge < -0.3 is 9.15 Å². The van der Waals surface area contributed by atoms with Crippen LogP contribution in [0.25, 0.3) is 11.0 Å². The molecule has 0 radical (unpaired) electrons. The molecule has 4 aromatic rings. The lowest BCUT2D eigenvalue weighted by molar-refractivity contribution is -0.137. The Balaban J connectivity index is 1.73. The topological polar surface area (TPSA) is 103 Å². The number of aryl methyl sites for hydroxylation is 3. The monoisotopic (exact) mass is 547 g/mol. The number of rotatable bonds is 9. The zero-order valence-electron chi connectivity index (χ0n) is 22.8. The van der Waals surface area contributed by atoms with Crippen LogP contribution in [0.4, 0.5) is 0 Å². The van der Waals surface area contributed by atoms with Crippen molar-refractivity contribution >= 4 is 27.0 Å². The minimum atomic E-state index is -3.99. The Morgan fingerprint density at radius 3 is 2.28 bits per heavy atom. The van der Waals surface area contributed by atoms with Gasteiger partial charge in [-0.05, 0) is 67.6 Å². The summed E-state index contributed by atoms with van der Waals surface area (Å²) in [7, 11) is -3.99. The van der Waals surface area contributed by atoms with Gasteiger partial charge in [0.2, 0.25) is 10.0 Å². The van der Waals surface area contributed by atoms with Crippen LogP contribution in [0.15, 0.2) is 80.8 Å². The van der Waals surface area contributed by atoms with Crippen molar-refractivity contribution in [1.29, 1.82) is 0 Å². The molecule has 39 heavy (non-hydrogen) atoms.